The summed E-state index contributed by atoms with van der Waals surface area (Å²) < 4.78 is 2.37. The van der Waals surface area contributed by atoms with E-state index in [1.165, 1.54) is 35.0 Å². The van der Waals surface area contributed by atoms with E-state index in [1.54, 1.807) is 6.20 Å². The number of benzene rings is 1. The fraction of sp³-hybridized carbons (Fsp3) is 0.435. The lowest BCUT2D eigenvalue weighted by Gasteiger charge is -2.30. The number of nitrogens with zero attached hydrogens (tertiary/aromatic N) is 3. The normalized spacial score (nSPS) is 19.8. The Labute approximate surface area is 160 Å². The molecule has 1 saturated carbocycles. The van der Waals surface area contributed by atoms with Gasteiger partial charge in [-0.25, -0.2) is 0 Å². The quantitative estimate of drug-likeness (QED) is 0.769. The van der Waals surface area contributed by atoms with Gasteiger partial charge >= 0.3 is 0 Å². The molecule has 0 spiro atoms. The van der Waals surface area contributed by atoms with Crippen LogP contribution in [0, 0.1) is 6.92 Å². The Balaban J connectivity index is 1.57. The van der Waals surface area contributed by atoms with E-state index in [0.29, 0.717) is 6.54 Å². The van der Waals surface area contributed by atoms with Crippen LogP contribution in [0.25, 0.3) is 10.9 Å². The highest BCUT2D eigenvalue weighted by molar-refractivity contribution is 5.86. The Kier molecular flexibility index (Phi) is 3.88. The molecule has 1 aliphatic carbocycles. The number of fused-ring (bicyclic) bond motifs is 3. The molecule has 0 bridgehead atoms. The molecule has 27 heavy (non-hydrogen) atoms. The van der Waals surface area contributed by atoms with Gasteiger partial charge in [-0.1, -0.05) is 18.2 Å². The van der Waals surface area contributed by atoms with Gasteiger partial charge in [-0.15, -0.1) is 0 Å². The molecule has 1 fully saturated rings. The van der Waals surface area contributed by atoms with Gasteiger partial charge in [0.05, 0.1) is 6.54 Å². The molecule has 0 radical (unpaired) electrons. The summed E-state index contributed by atoms with van der Waals surface area (Å²) in [5, 5.41) is 12.7. The second-order valence-electron chi connectivity index (χ2n) is 8.44. The highest BCUT2D eigenvalue weighted by Crippen LogP contribution is 2.37. The van der Waals surface area contributed by atoms with Crippen molar-refractivity contribution in [3.63, 3.8) is 0 Å². The molecule has 4 heteroatoms. The number of aryl methyl sites for hydroxylation is 1. The van der Waals surface area contributed by atoms with Crippen molar-refractivity contribution < 1.29 is 5.11 Å². The minimum Gasteiger partial charge on any atom is -0.384 e. The maximum atomic E-state index is 11.3. The van der Waals surface area contributed by atoms with Crippen LogP contribution < -0.4 is 0 Å². The molecular formula is C23H27N3O. The average Bonchev–Trinajstić information content (AvgIpc) is 3.47. The molecule has 4 nitrogen and oxygen atoms in total. The first-order chi connectivity index (χ1) is 13.0. The van der Waals surface area contributed by atoms with Gasteiger partial charge in [0.25, 0.3) is 0 Å². The summed E-state index contributed by atoms with van der Waals surface area (Å²) in [5.74, 6) is 0. The maximum Gasteiger partial charge on any atom is 0.105 e. The molecule has 0 amide bonds. The average molecular weight is 361 g/mol. The maximum absolute atomic E-state index is 11.3. The van der Waals surface area contributed by atoms with Crippen LogP contribution in [0.1, 0.15) is 42.3 Å². The van der Waals surface area contributed by atoms with Crippen molar-refractivity contribution in [1.82, 2.24) is 14.5 Å². The zero-order chi connectivity index (χ0) is 18.6. The Morgan fingerprint density at radius 3 is 2.81 bits per heavy atom. The fourth-order valence-electron chi connectivity index (χ4n) is 4.63. The molecule has 3 aromatic rings. The van der Waals surface area contributed by atoms with Gasteiger partial charge in [-0.2, -0.15) is 0 Å². The minimum atomic E-state index is -0.934. The monoisotopic (exact) mass is 361 g/mol. The highest BCUT2D eigenvalue weighted by Gasteiger charge is 2.34. The molecule has 3 heterocycles. The van der Waals surface area contributed by atoms with Gasteiger partial charge in [0, 0.05) is 54.0 Å². The Morgan fingerprint density at radius 1 is 1.22 bits per heavy atom. The third-order valence-corrected chi connectivity index (χ3v) is 6.24. The highest BCUT2D eigenvalue weighted by atomic mass is 16.3. The van der Waals surface area contributed by atoms with Crippen LogP contribution >= 0.6 is 0 Å². The predicted molar refractivity (Wildman–Crippen MR) is 108 cm³/mol. The topological polar surface area (TPSA) is 41.3 Å². The van der Waals surface area contributed by atoms with Gasteiger partial charge in [-0.3, -0.25) is 9.88 Å². The van der Waals surface area contributed by atoms with E-state index in [0.717, 1.165) is 36.8 Å². The minimum absolute atomic E-state index is 0.565. The molecule has 1 unspecified atom stereocenters. The number of aromatic nitrogens is 2. The van der Waals surface area contributed by atoms with Crippen LogP contribution in [0.15, 0.2) is 42.6 Å². The van der Waals surface area contributed by atoms with Gasteiger partial charge in [-0.05, 0) is 56.0 Å². The summed E-state index contributed by atoms with van der Waals surface area (Å²) in [5.41, 5.74) is 5.04. The van der Waals surface area contributed by atoms with E-state index >= 15 is 0 Å². The van der Waals surface area contributed by atoms with Crippen LogP contribution in [0.3, 0.4) is 0 Å². The molecule has 0 saturated heterocycles. The lowest BCUT2D eigenvalue weighted by atomic mass is 9.96. The second-order valence-corrected chi connectivity index (χ2v) is 8.44. The van der Waals surface area contributed by atoms with Crippen molar-refractivity contribution in [1.29, 1.82) is 0 Å². The summed E-state index contributed by atoms with van der Waals surface area (Å²) in [7, 11) is 0. The second kappa shape index (κ2) is 6.18. The molecule has 2 aliphatic rings. The van der Waals surface area contributed by atoms with Crippen molar-refractivity contribution >= 4 is 10.9 Å². The molecule has 2 aromatic heterocycles. The fourth-order valence-corrected chi connectivity index (χ4v) is 4.63. The Hall–Kier alpha value is -2.17. The summed E-state index contributed by atoms with van der Waals surface area (Å²) in [6.07, 6.45) is 5.55. The molecule has 140 valence electrons. The molecule has 1 N–H and O–H groups in total. The Morgan fingerprint density at radius 2 is 2.04 bits per heavy atom. The van der Waals surface area contributed by atoms with Crippen LogP contribution in [-0.4, -0.2) is 32.1 Å². The van der Waals surface area contributed by atoms with Crippen LogP contribution in [0.2, 0.25) is 0 Å². The van der Waals surface area contributed by atoms with Crippen molar-refractivity contribution in [2.45, 2.75) is 57.8 Å². The van der Waals surface area contributed by atoms with Crippen molar-refractivity contribution in [2.24, 2.45) is 0 Å². The third-order valence-electron chi connectivity index (χ3n) is 6.24. The zero-order valence-electron chi connectivity index (χ0n) is 16.2. The number of para-hydroxylation sites is 1. The third kappa shape index (κ3) is 2.97. The van der Waals surface area contributed by atoms with Gasteiger partial charge < -0.3 is 9.67 Å². The van der Waals surface area contributed by atoms with Crippen LogP contribution in [-0.2, 0) is 25.1 Å². The number of rotatable bonds is 4. The lowest BCUT2D eigenvalue weighted by molar-refractivity contribution is 0.0382. The standard InChI is InChI=1S/C23H27N3O/c1-16-13-17(9-11-24-16)23(2,27)15-26-21-6-4-3-5-19(21)20-14-25(18-7-8-18)12-10-22(20)26/h3-6,9,11,13,18,27H,7-8,10,12,14-15H2,1-2H3. The van der Waals surface area contributed by atoms with Crippen molar-refractivity contribution in [3.8, 4) is 0 Å². The first-order valence-electron chi connectivity index (χ1n) is 10.0. The van der Waals surface area contributed by atoms with E-state index < -0.39 is 5.60 Å². The van der Waals surface area contributed by atoms with Gasteiger partial charge in [0.2, 0.25) is 0 Å². The van der Waals surface area contributed by atoms with E-state index in [4.69, 9.17) is 0 Å². The number of hydrogen-bond acceptors (Lipinski definition) is 3. The summed E-state index contributed by atoms with van der Waals surface area (Å²) >= 11 is 0. The van der Waals surface area contributed by atoms with Gasteiger partial charge in [0.1, 0.15) is 5.60 Å². The molecule has 1 aromatic carbocycles. The van der Waals surface area contributed by atoms with E-state index in [9.17, 15) is 5.11 Å². The van der Waals surface area contributed by atoms with Crippen LogP contribution in [0.4, 0.5) is 0 Å². The number of pyridine rings is 1. The largest absolute Gasteiger partial charge is 0.384 e. The number of aliphatic hydroxyl groups is 1. The molecule has 1 aliphatic heterocycles. The SMILES string of the molecule is Cc1cc(C(C)(O)Cn2c3c(c4ccccc42)CN(C2CC2)CC3)ccn1. The van der Waals surface area contributed by atoms with Gasteiger partial charge in [0.15, 0.2) is 0 Å². The summed E-state index contributed by atoms with van der Waals surface area (Å²) in [4.78, 5) is 6.92. The van der Waals surface area contributed by atoms with Crippen LogP contribution in [0.5, 0.6) is 0 Å². The first-order valence-corrected chi connectivity index (χ1v) is 10.0. The molecular weight excluding hydrogens is 334 g/mol. The summed E-state index contributed by atoms with van der Waals surface area (Å²) in [6.45, 7) is 6.63. The van der Waals surface area contributed by atoms with E-state index in [2.05, 4.69) is 38.7 Å². The van der Waals surface area contributed by atoms with Crippen molar-refractivity contribution in [3.05, 3.63) is 65.1 Å². The molecule has 5 rings (SSSR count). The molecule has 1 atom stereocenters. The lowest BCUT2D eigenvalue weighted by Crippen LogP contribution is -2.34. The smallest absolute Gasteiger partial charge is 0.105 e. The summed E-state index contributed by atoms with van der Waals surface area (Å²) in [6, 6.07) is 13.4. The van der Waals surface area contributed by atoms with Crippen molar-refractivity contribution in [2.75, 3.05) is 6.54 Å². The van der Waals surface area contributed by atoms with E-state index in [1.807, 2.05) is 26.0 Å². The number of hydrogen-bond donors (Lipinski definition) is 1. The predicted octanol–water partition coefficient (Wildman–Crippen LogP) is 3.77. The first kappa shape index (κ1) is 17.0. The van der Waals surface area contributed by atoms with E-state index in [-0.39, 0.29) is 0 Å². The Bertz CT molecular complexity index is 1000. The zero-order valence-corrected chi connectivity index (χ0v) is 16.2.